The van der Waals surface area contributed by atoms with Crippen molar-refractivity contribution in [2.45, 2.75) is 31.9 Å². The normalized spacial score (nSPS) is 17.9. The summed E-state index contributed by atoms with van der Waals surface area (Å²) in [6.45, 7) is 1.88. The number of hydrogen-bond acceptors (Lipinski definition) is 4. The molecule has 0 aliphatic heterocycles. The van der Waals surface area contributed by atoms with Gasteiger partial charge in [-0.3, -0.25) is 0 Å². The fourth-order valence-electron chi connectivity index (χ4n) is 2.50. The smallest absolute Gasteiger partial charge is 0.146 e. The van der Waals surface area contributed by atoms with Gasteiger partial charge in [-0.05, 0) is 37.8 Å². The summed E-state index contributed by atoms with van der Waals surface area (Å²) in [5, 5.41) is 10.6. The number of nitrogens with two attached hydrogens (primary N) is 1. The van der Waals surface area contributed by atoms with Crippen LogP contribution >= 0.6 is 0 Å². The van der Waals surface area contributed by atoms with Gasteiger partial charge in [0.05, 0.1) is 6.61 Å². The van der Waals surface area contributed by atoms with Crippen LogP contribution in [0.3, 0.4) is 0 Å². The van der Waals surface area contributed by atoms with Crippen molar-refractivity contribution < 1.29 is 9.84 Å². The van der Waals surface area contributed by atoms with Crippen LogP contribution in [0.2, 0.25) is 0 Å². The van der Waals surface area contributed by atoms with Crippen molar-refractivity contribution in [1.29, 1.82) is 0 Å². The highest BCUT2D eigenvalue weighted by Crippen LogP contribution is 2.34. The Balaban J connectivity index is 1.90. The second-order valence-corrected chi connectivity index (χ2v) is 5.53. The van der Waals surface area contributed by atoms with Crippen molar-refractivity contribution in [2.75, 3.05) is 6.61 Å². The first kappa shape index (κ1) is 13.3. The number of aliphatic hydroxyl groups is 1. The van der Waals surface area contributed by atoms with Gasteiger partial charge >= 0.3 is 0 Å². The molecule has 20 heavy (non-hydrogen) atoms. The molecule has 2 atom stereocenters. The minimum absolute atomic E-state index is 0.0696. The van der Waals surface area contributed by atoms with Gasteiger partial charge in [0.1, 0.15) is 17.4 Å². The van der Waals surface area contributed by atoms with E-state index in [0.29, 0.717) is 11.7 Å². The minimum Gasteiger partial charge on any atom is -0.484 e. The van der Waals surface area contributed by atoms with Crippen molar-refractivity contribution >= 4 is 10.9 Å². The van der Waals surface area contributed by atoms with Crippen LogP contribution in [0.1, 0.15) is 18.5 Å². The van der Waals surface area contributed by atoms with Crippen molar-refractivity contribution in [3.8, 4) is 5.75 Å². The molecule has 0 spiro atoms. The summed E-state index contributed by atoms with van der Waals surface area (Å²) >= 11 is 0. The van der Waals surface area contributed by atoms with E-state index >= 15 is 0 Å². The molecule has 0 bridgehead atoms. The first-order valence-corrected chi connectivity index (χ1v) is 7.08. The maximum absolute atomic E-state index is 9.54. The Hall–Kier alpha value is -1.65. The summed E-state index contributed by atoms with van der Waals surface area (Å²) in [6.07, 6.45) is 1.90. The molecule has 0 saturated heterocycles. The summed E-state index contributed by atoms with van der Waals surface area (Å²) < 4.78 is 5.96. The third kappa shape index (κ3) is 2.62. The van der Waals surface area contributed by atoms with E-state index in [2.05, 4.69) is 4.98 Å². The van der Waals surface area contributed by atoms with E-state index in [1.54, 1.807) is 0 Å². The van der Waals surface area contributed by atoms with Gasteiger partial charge in [0, 0.05) is 17.1 Å². The van der Waals surface area contributed by atoms with Gasteiger partial charge in [-0.25, -0.2) is 4.98 Å². The molecule has 1 aromatic carbocycles. The van der Waals surface area contributed by atoms with Crippen LogP contribution in [0, 0.1) is 12.8 Å². The number of aromatic nitrogens is 1. The summed E-state index contributed by atoms with van der Waals surface area (Å²) in [4.78, 5) is 4.54. The molecule has 1 aromatic heterocycles. The van der Waals surface area contributed by atoms with Gasteiger partial charge in [-0.15, -0.1) is 0 Å². The van der Waals surface area contributed by atoms with Gasteiger partial charge in [0.25, 0.3) is 0 Å². The van der Waals surface area contributed by atoms with Crippen molar-refractivity contribution in [3.63, 3.8) is 0 Å². The zero-order valence-corrected chi connectivity index (χ0v) is 11.6. The first-order valence-electron chi connectivity index (χ1n) is 7.08. The zero-order chi connectivity index (χ0) is 14.1. The van der Waals surface area contributed by atoms with E-state index in [4.69, 9.17) is 10.5 Å². The molecule has 2 unspecified atom stereocenters. The minimum atomic E-state index is -0.365. The summed E-state index contributed by atoms with van der Waals surface area (Å²) in [6, 6.07) is 9.72. The number of aliphatic hydroxyl groups excluding tert-OH is 1. The number of pyridine rings is 1. The molecule has 0 radical (unpaired) electrons. The quantitative estimate of drug-likeness (QED) is 0.873. The fraction of sp³-hybridized carbons (Fsp3) is 0.438. The van der Waals surface area contributed by atoms with Gasteiger partial charge in [-0.2, -0.15) is 0 Å². The molecule has 4 heteroatoms. The number of ether oxygens (including phenoxy) is 1. The lowest BCUT2D eigenvalue weighted by Gasteiger charge is -2.23. The molecule has 4 nitrogen and oxygen atoms in total. The highest BCUT2D eigenvalue weighted by molar-refractivity contribution is 5.84. The monoisotopic (exact) mass is 272 g/mol. The van der Waals surface area contributed by atoms with E-state index in [9.17, 15) is 5.11 Å². The number of para-hydroxylation sites is 1. The molecule has 1 saturated carbocycles. The average molecular weight is 272 g/mol. The van der Waals surface area contributed by atoms with Crippen LogP contribution in [0.5, 0.6) is 5.75 Å². The summed E-state index contributed by atoms with van der Waals surface area (Å²) in [5.41, 5.74) is 7.92. The Morgan fingerprint density at radius 2 is 2.15 bits per heavy atom. The lowest BCUT2D eigenvalue weighted by molar-refractivity contribution is 0.0894. The van der Waals surface area contributed by atoms with Crippen LogP contribution in [0.15, 0.2) is 30.3 Å². The lowest BCUT2D eigenvalue weighted by Crippen LogP contribution is -2.43. The second-order valence-electron chi connectivity index (χ2n) is 5.53. The SMILES string of the molecule is Cc1ccc2cccc(OC(CO)C(N)C3CC3)c2n1. The second kappa shape index (κ2) is 5.38. The summed E-state index contributed by atoms with van der Waals surface area (Å²) in [5.74, 6) is 1.18. The predicted octanol–water partition coefficient (Wildman–Crippen LogP) is 2.02. The standard InChI is InChI=1S/C16H20N2O2/c1-10-5-6-12-3-2-4-13(16(12)18-10)20-14(9-19)15(17)11-7-8-11/h2-6,11,14-15,19H,7-9,17H2,1H3. The number of nitrogens with zero attached hydrogens (tertiary/aromatic N) is 1. The predicted molar refractivity (Wildman–Crippen MR) is 78.7 cm³/mol. The van der Waals surface area contributed by atoms with Gasteiger partial charge in [0.2, 0.25) is 0 Å². The Bertz CT molecular complexity index is 610. The van der Waals surface area contributed by atoms with Gasteiger partial charge < -0.3 is 15.6 Å². The Kier molecular flexibility index (Phi) is 3.59. The molecule has 3 rings (SSSR count). The Morgan fingerprint density at radius 1 is 1.35 bits per heavy atom. The van der Waals surface area contributed by atoms with Crippen LogP contribution in [0.25, 0.3) is 10.9 Å². The molecule has 1 aliphatic rings. The number of fused-ring (bicyclic) bond motifs is 1. The van der Waals surface area contributed by atoms with E-state index < -0.39 is 0 Å². The van der Waals surface area contributed by atoms with E-state index in [0.717, 1.165) is 29.4 Å². The summed E-state index contributed by atoms with van der Waals surface area (Å²) in [7, 11) is 0. The molecular weight excluding hydrogens is 252 g/mol. The topological polar surface area (TPSA) is 68.4 Å². The lowest BCUT2D eigenvalue weighted by atomic mass is 10.1. The molecule has 2 aromatic rings. The van der Waals surface area contributed by atoms with Gasteiger partial charge in [-0.1, -0.05) is 18.2 Å². The molecule has 1 fully saturated rings. The van der Waals surface area contributed by atoms with E-state index in [-0.39, 0.29) is 18.8 Å². The maximum atomic E-state index is 9.54. The third-order valence-corrected chi connectivity index (χ3v) is 3.88. The van der Waals surface area contributed by atoms with Crippen molar-refractivity contribution in [3.05, 3.63) is 36.0 Å². The first-order chi connectivity index (χ1) is 9.69. The van der Waals surface area contributed by atoms with Crippen molar-refractivity contribution in [1.82, 2.24) is 4.98 Å². The number of aryl methyl sites for hydroxylation is 1. The number of rotatable bonds is 5. The third-order valence-electron chi connectivity index (χ3n) is 3.88. The van der Waals surface area contributed by atoms with Crippen LogP contribution in [-0.2, 0) is 0 Å². The fourth-order valence-corrected chi connectivity index (χ4v) is 2.50. The molecular formula is C16H20N2O2. The highest BCUT2D eigenvalue weighted by atomic mass is 16.5. The van der Waals surface area contributed by atoms with Crippen LogP contribution < -0.4 is 10.5 Å². The Morgan fingerprint density at radius 3 is 2.85 bits per heavy atom. The molecule has 1 aliphatic carbocycles. The average Bonchev–Trinajstić information content (AvgIpc) is 3.29. The maximum Gasteiger partial charge on any atom is 0.146 e. The molecule has 3 N–H and O–H groups in total. The number of benzene rings is 1. The molecule has 0 amide bonds. The Labute approximate surface area is 118 Å². The largest absolute Gasteiger partial charge is 0.484 e. The van der Waals surface area contributed by atoms with Gasteiger partial charge in [0.15, 0.2) is 0 Å². The zero-order valence-electron chi connectivity index (χ0n) is 11.6. The van der Waals surface area contributed by atoms with Crippen LogP contribution in [-0.4, -0.2) is 28.8 Å². The van der Waals surface area contributed by atoms with E-state index in [1.807, 2.05) is 37.3 Å². The molecule has 106 valence electrons. The van der Waals surface area contributed by atoms with Crippen molar-refractivity contribution in [2.24, 2.45) is 11.7 Å². The molecule has 1 heterocycles. The highest BCUT2D eigenvalue weighted by Gasteiger charge is 2.35. The number of hydrogen-bond donors (Lipinski definition) is 2. The van der Waals surface area contributed by atoms with E-state index in [1.165, 1.54) is 0 Å². The van der Waals surface area contributed by atoms with Crippen LogP contribution in [0.4, 0.5) is 0 Å².